The van der Waals surface area contributed by atoms with E-state index in [0.29, 0.717) is 0 Å². The number of piperidine rings is 1. The van der Waals surface area contributed by atoms with Crippen LogP contribution in [0.1, 0.15) is 37.9 Å². The van der Waals surface area contributed by atoms with Gasteiger partial charge in [-0.1, -0.05) is 6.92 Å². The number of likely N-dealkylation sites (tertiary alicyclic amines) is 1. The Kier molecular flexibility index (Phi) is 5.64. The molecule has 1 fully saturated rings. The Balaban J connectivity index is 1.90. The van der Waals surface area contributed by atoms with Crippen LogP contribution in [-0.4, -0.2) is 46.8 Å². The zero-order valence-corrected chi connectivity index (χ0v) is 12.2. The van der Waals surface area contributed by atoms with Crippen molar-refractivity contribution in [1.29, 1.82) is 0 Å². The summed E-state index contributed by atoms with van der Waals surface area (Å²) in [5.41, 5.74) is 0.879. The van der Waals surface area contributed by atoms with Crippen LogP contribution in [0.2, 0.25) is 0 Å². The first-order valence-corrected chi connectivity index (χ1v) is 7.29. The van der Waals surface area contributed by atoms with Crippen molar-refractivity contribution in [1.82, 2.24) is 9.88 Å². The van der Waals surface area contributed by atoms with Gasteiger partial charge in [-0.15, -0.1) is 0 Å². The summed E-state index contributed by atoms with van der Waals surface area (Å²) >= 11 is 0. The maximum Gasteiger partial charge on any atom is 0.329 e. The van der Waals surface area contributed by atoms with Crippen molar-refractivity contribution in [3.63, 3.8) is 0 Å². The highest BCUT2D eigenvalue weighted by Crippen LogP contribution is 2.27. The molecule has 2 heterocycles. The average Bonchev–Trinajstić information content (AvgIpc) is 2.49. The fraction of sp³-hybridized carbons (Fsp3) is 0.600. The minimum atomic E-state index is -0.931. The second-order valence-corrected chi connectivity index (χ2v) is 5.27. The van der Waals surface area contributed by atoms with Crippen LogP contribution in [0, 0.1) is 5.82 Å². The quantitative estimate of drug-likeness (QED) is 0.872. The van der Waals surface area contributed by atoms with Gasteiger partial charge in [-0.2, -0.15) is 0 Å². The molecule has 0 aliphatic carbocycles. The van der Waals surface area contributed by atoms with E-state index >= 15 is 0 Å². The molecular weight excluding hydrogens is 275 g/mol. The second-order valence-electron chi connectivity index (χ2n) is 5.27. The van der Waals surface area contributed by atoms with Gasteiger partial charge in [0.2, 0.25) is 0 Å². The first-order valence-electron chi connectivity index (χ1n) is 7.29. The van der Waals surface area contributed by atoms with Crippen LogP contribution >= 0.6 is 0 Å². The summed E-state index contributed by atoms with van der Waals surface area (Å²) in [5, 5.41) is 8.62. The third-order valence-electron chi connectivity index (χ3n) is 3.84. The number of halogens is 1. The van der Waals surface area contributed by atoms with Crippen molar-refractivity contribution in [3.8, 4) is 0 Å². The highest BCUT2D eigenvalue weighted by molar-refractivity contribution is 5.68. The summed E-state index contributed by atoms with van der Waals surface area (Å²) in [7, 11) is 0. The molecule has 21 heavy (non-hydrogen) atoms. The molecule has 2 rings (SSSR count). The molecule has 0 aromatic carbocycles. The molecule has 0 radical (unpaired) electrons. The molecular formula is C15H21FN2O3. The lowest BCUT2D eigenvalue weighted by Gasteiger charge is -2.36. The lowest BCUT2D eigenvalue weighted by atomic mass is 10.0. The molecule has 1 aliphatic heterocycles. The van der Waals surface area contributed by atoms with Gasteiger partial charge in [0, 0.05) is 13.1 Å². The van der Waals surface area contributed by atoms with Crippen molar-refractivity contribution in [2.75, 3.05) is 19.7 Å². The minimum absolute atomic E-state index is 0.0102. The van der Waals surface area contributed by atoms with Crippen LogP contribution in [0.4, 0.5) is 4.39 Å². The predicted molar refractivity (Wildman–Crippen MR) is 75.4 cm³/mol. The molecule has 6 heteroatoms. The number of aromatic nitrogens is 1. The molecule has 0 saturated carbocycles. The molecule has 5 nitrogen and oxygen atoms in total. The van der Waals surface area contributed by atoms with Gasteiger partial charge in [-0.25, -0.2) is 9.18 Å². The van der Waals surface area contributed by atoms with Gasteiger partial charge in [0.15, 0.2) is 0 Å². The van der Waals surface area contributed by atoms with Gasteiger partial charge in [0.05, 0.1) is 24.0 Å². The summed E-state index contributed by atoms with van der Waals surface area (Å²) in [6.45, 7) is 3.52. The Hall–Kier alpha value is -1.53. The van der Waals surface area contributed by atoms with E-state index in [-0.39, 0.29) is 24.6 Å². The van der Waals surface area contributed by atoms with E-state index in [1.807, 2.05) is 0 Å². The van der Waals surface area contributed by atoms with Crippen LogP contribution in [0.5, 0.6) is 0 Å². The molecule has 0 bridgehead atoms. The molecule has 1 aromatic heterocycles. The van der Waals surface area contributed by atoms with Crippen molar-refractivity contribution in [2.45, 2.75) is 38.3 Å². The monoisotopic (exact) mass is 296 g/mol. The van der Waals surface area contributed by atoms with E-state index in [2.05, 4.69) is 16.8 Å². The molecule has 1 atom stereocenters. The highest BCUT2D eigenvalue weighted by Gasteiger charge is 2.26. The summed E-state index contributed by atoms with van der Waals surface area (Å²) in [4.78, 5) is 17.0. The fourth-order valence-corrected chi connectivity index (χ4v) is 2.78. The molecule has 0 amide bonds. The van der Waals surface area contributed by atoms with Gasteiger partial charge >= 0.3 is 5.97 Å². The van der Waals surface area contributed by atoms with Crippen molar-refractivity contribution < 1.29 is 19.0 Å². The van der Waals surface area contributed by atoms with Crippen LogP contribution in [0.3, 0.4) is 0 Å². The summed E-state index contributed by atoms with van der Waals surface area (Å²) < 4.78 is 18.3. The van der Waals surface area contributed by atoms with Gasteiger partial charge in [0.25, 0.3) is 0 Å². The van der Waals surface area contributed by atoms with Crippen LogP contribution in [0.15, 0.2) is 18.3 Å². The molecule has 1 saturated heterocycles. The van der Waals surface area contributed by atoms with E-state index in [0.717, 1.165) is 38.0 Å². The Bertz CT molecular complexity index is 458. The zero-order chi connectivity index (χ0) is 15.2. The van der Waals surface area contributed by atoms with Gasteiger partial charge < -0.3 is 9.84 Å². The van der Waals surface area contributed by atoms with Gasteiger partial charge in [0.1, 0.15) is 12.4 Å². The molecule has 1 aliphatic rings. The van der Waals surface area contributed by atoms with Crippen molar-refractivity contribution >= 4 is 5.97 Å². The number of nitrogens with zero attached hydrogens (tertiary/aromatic N) is 2. The van der Waals surface area contributed by atoms with Gasteiger partial charge in [-0.3, -0.25) is 9.88 Å². The normalized spacial score (nSPS) is 18.6. The van der Waals surface area contributed by atoms with E-state index in [1.165, 1.54) is 12.3 Å². The topological polar surface area (TPSA) is 62.7 Å². The van der Waals surface area contributed by atoms with E-state index in [1.54, 1.807) is 6.07 Å². The standard InChI is InChI=1S/C15H21FN2O3/c1-2-14(13-4-3-11(16)9-17-13)18-7-5-12(6-8-18)21-10-15(19)20/h3-4,9,12,14H,2,5-8,10H2,1H3,(H,19,20). The fourth-order valence-electron chi connectivity index (χ4n) is 2.78. The first-order chi connectivity index (χ1) is 10.1. The summed E-state index contributed by atoms with van der Waals surface area (Å²) in [6.07, 6.45) is 3.78. The van der Waals surface area contributed by atoms with Crippen LogP contribution in [0.25, 0.3) is 0 Å². The smallest absolute Gasteiger partial charge is 0.329 e. The Morgan fingerprint density at radius 2 is 2.24 bits per heavy atom. The summed E-state index contributed by atoms with van der Waals surface area (Å²) in [6, 6.07) is 3.34. The van der Waals surface area contributed by atoms with E-state index in [9.17, 15) is 9.18 Å². The lowest BCUT2D eigenvalue weighted by molar-refractivity contribution is -0.145. The van der Waals surface area contributed by atoms with Crippen LogP contribution < -0.4 is 0 Å². The Labute approximate surface area is 123 Å². The maximum atomic E-state index is 13.0. The number of ether oxygens (including phenoxy) is 1. The Morgan fingerprint density at radius 3 is 2.76 bits per heavy atom. The molecule has 0 spiro atoms. The lowest BCUT2D eigenvalue weighted by Crippen LogP contribution is -2.40. The number of hydrogen-bond acceptors (Lipinski definition) is 4. The number of rotatable bonds is 6. The number of aliphatic carboxylic acids is 1. The van der Waals surface area contributed by atoms with Crippen molar-refractivity contribution in [2.24, 2.45) is 0 Å². The molecule has 1 aromatic rings. The molecule has 116 valence electrons. The van der Waals surface area contributed by atoms with E-state index < -0.39 is 5.97 Å². The largest absolute Gasteiger partial charge is 0.480 e. The molecule has 1 unspecified atom stereocenters. The number of carboxylic acids is 1. The number of pyridine rings is 1. The predicted octanol–water partition coefficient (Wildman–Crippen LogP) is 2.24. The minimum Gasteiger partial charge on any atom is -0.480 e. The SMILES string of the molecule is CCC(c1ccc(F)cn1)N1CCC(OCC(=O)O)CC1. The number of carbonyl (C=O) groups is 1. The van der Waals surface area contributed by atoms with Gasteiger partial charge in [-0.05, 0) is 31.4 Å². The number of carboxylic acid groups (broad SMARTS) is 1. The first kappa shape index (κ1) is 15.9. The zero-order valence-electron chi connectivity index (χ0n) is 12.2. The van der Waals surface area contributed by atoms with Crippen LogP contribution in [-0.2, 0) is 9.53 Å². The third kappa shape index (κ3) is 4.47. The Morgan fingerprint density at radius 1 is 1.52 bits per heavy atom. The summed E-state index contributed by atoms with van der Waals surface area (Å²) in [5.74, 6) is -1.26. The van der Waals surface area contributed by atoms with Crippen molar-refractivity contribution in [3.05, 3.63) is 29.8 Å². The highest BCUT2D eigenvalue weighted by atomic mass is 19.1. The second kappa shape index (κ2) is 7.47. The molecule has 1 N–H and O–H groups in total. The average molecular weight is 296 g/mol. The van der Waals surface area contributed by atoms with E-state index in [4.69, 9.17) is 9.84 Å². The number of hydrogen-bond donors (Lipinski definition) is 1. The third-order valence-corrected chi connectivity index (χ3v) is 3.84. The maximum absolute atomic E-state index is 13.0.